The standard InChI is InChI=1S/C21H22N2O2/c1-21-14-8-13-17(20(21)24)18(15-9-4-2-5-10-15)23(22-25)19(21)16-11-6-3-7-12-16/h2-7,9-12,17-19H,8,13-14H2,1H3. The number of carbonyl (C=O) groups excluding carboxylic acids is 1. The summed E-state index contributed by atoms with van der Waals surface area (Å²) in [6, 6.07) is 19.1. The van der Waals surface area contributed by atoms with Crippen LogP contribution in [0.2, 0.25) is 0 Å². The molecule has 4 rings (SSSR count). The highest BCUT2D eigenvalue weighted by Gasteiger charge is 2.58. The van der Waals surface area contributed by atoms with E-state index < -0.39 is 5.41 Å². The maximum Gasteiger partial charge on any atom is 0.146 e. The van der Waals surface area contributed by atoms with Crippen LogP contribution in [0.3, 0.4) is 0 Å². The zero-order valence-electron chi connectivity index (χ0n) is 14.3. The number of carbonyl (C=O) groups is 1. The number of Topliss-reactive ketones (excluding diaryl/α,β-unsaturated/α-hetero) is 1. The van der Waals surface area contributed by atoms with Crippen LogP contribution in [0.1, 0.15) is 49.4 Å². The number of hydrogen-bond donors (Lipinski definition) is 0. The third-order valence-corrected chi connectivity index (χ3v) is 6.00. The van der Waals surface area contributed by atoms with Crippen LogP contribution >= 0.6 is 0 Å². The lowest BCUT2D eigenvalue weighted by Crippen LogP contribution is -2.56. The molecule has 4 atom stereocenters. The van der Waals surface area contributed by atoms with E-state index in [0.29, 0.717) is 0 Å². The Labute approximate surface area is 147 Å². The average Bonchev–Trinajstić information content (AvgIpc) is 2.65. The second-order valence-electron chi connectivity index (χ2n) is 7.41. The first kappa shape index (κ1) is 16.0. The molecule has 1 saturated heterocycles. The number of nitroso groups, excluding NO2 is 1. The third-order valence-electron chi connectivity index (χ3n) is 6.00. The summed E-state index contributed by atoms with van der Waals surface area (Å²) < 4.78 is 0. The Hall–Kier alpha value is -2.49. The summed E-state index contributed by atoms with van der Waals surface area (Å²) in [5, 5.41) is 5.12. The van der Waals surface area contributed by atoms with Gasteiger partial charge >= 0.3 is 0 Å². The van der Waals surface area contributed by atoms with Gasteiger partial charge in [-0.15, -0.1) is 4.91 Å². The van der Waals surface area contributed by atoms with Gasteiger partial charge in [0.25, 0.3) is 0 Å². The zero-order chi connectivity index (χ0) is 17.4. The van der Waals surface area contributed by atoms with E-state index in [1.807, 2.05) is 67.6 Å². The molecule has 0 radical (unpaired) electrons. The van der Waals surface area contributed by atoms with E-state index in [1.54, 1.807) is 5.01 Å². The number of fused-ring (bicyclic) bond motifs is 2. The number of benzene rings is 2. The molecule has 2 aromatic carbocycles. The van der Waals surface area contributed by atoms with Gasteiger partial charge in [0.15, 0.2) is 0 Å². The van der Waals surface area contributed by atoms with Crippen molar-refractivity contribution in [3.63, 3.8) is 0 Å². The largest absolute Gasteiger partial charge is 0.299 e. The summed E-state index contributed by atoms with van der Waals surface area (Å²) in [7, 11) is 0. The molecule has 4 unspecified atom stereocenters. The molecule has 1 heterocycles. The van der Waals surface area contributed by atoms with Crippen molar-refractivity contribution in [3.05, 3.63) is 76.7 Å². The van der Waals surface area contributed by atoms with Gasteiger partial charge in [-0.25, -0.2) is 5.01 Å². The van der Waals surface area contributed by atoms with Crippen molar-refractivity contribution in [2.75, 3.05) is 0 Å². The Bertz CT molecular complexity index is 777. The molecular weight excluding hydrogens is 312 g/mol. The minimum absolute atomic E-state index is 0.168. The van der Waals surface area contributed by atoms with Crippen molar-refractivity contribution in [1.82, 2.24) is 5.01 Å². The van der Waals surface area contributed by atoms with Crippen molar-refractivity contribution >= 4 is 5.78 Å². The van der Waals surface area contributed by atoms with Crippen LogP contribution in [0.25, 0.3) is 0 Å². The highest BCUT2D eigenvalue weighted by atomic mass is 16.3. The summed E-state index contributed by atoms with van der Waals surface area (Å²) in [5.74, 6) is 0.111. The maximum atomic E-state index is 13.4. The lowest BCUT2D eigenvalue weighted by atomic mass is 9.58. The molecule has 1 aliphatic heterocycles. The summed E-state index contributed by atoms with van der Waals surface area (Å²) in [4.78, 5) is 25.4. The van der Waals surface area contributed by atoms with Gasteiger partial charge in [0.1, 0.15) is 5.78 Å². The molecule has 1 saturated carbocycles. The maximum absolute atomic E-state index is 13.4. The number of nitrogens with zero attached hydrogens (tertiary/aromatic N) is 2. The summed E-state index contributed by atoms with van der Waals surface area (Å²) in [5.41, 5.74) is 1.41. The van der Waals surface area contributed by atoms with E-state index in [9.17, 15) is 9.70 Å². The molecule has 2 bridgehead atoms. The predicted molar refractivity (Wildman–Crippen MR) is 96.5 cm³/mol. The molecule has 0 spiro atoms. The van der Waals surface area contributed by atoms with Gasteiger partial charge in [0, 0.05) is 5.92 Å². The Morgan fingerprint density at radius 2 is 1.60 bits per heavy atom. The van der Waals surface area contributed by atoms with Gasteiger partial charge in [-0.05, 0) is 24.0 Å². The van der Waals surface area contributed by atoms with Crippen molar-refractivity contribution in [2.24, 2.45) is 16.6 Å². The van der Waals surface area contributed by atoms with Crippen LogP contribution in [0, 0.1) is 16.2 Å². The Morgan fingerprint density at radius 1 is 1.00 bits per heavy atom. The lowest BCUT2D eigenvalue weighted by Gasteiger charge is -2.54. The first-order valence-corrected chi connectivity index (χ1v) is 8.92. The molecule has 2 fully saturated rings. The highest BCUT2D eigenvalue weighted by Crippen LogP contribution is 2.58. The molecule has 2 aromatic rings. The summed E-state index contributed by atoms with van der Waals surface area (Å²) >= 11 is 0. The van der Waals surface area contributed by atoms with Crippen LogP contribution in [-0.2, 0) is 4.79 Å². The van der Waals surface area contributed by atoms with E-state index in [2.05, 4.69) is 5.29 Å². The van der Waals surface area contributed by atoms with E-state index in [-0.39, 0.29) is 23.8 Å². The Kier molecular flexibility index (Phi) is 3.91. The monoisotopic (exact) mass is 334 g/mol. The predicted octanol–water partition coefficient (Wildman–Crippen LogP) is 4.84. The summed E-state index contributed by atoms with van der Waals surface area (Å²) in [6.07, 6.45) is 2.63. The minimum atomic E-state index is -0.566. The topological polar surface area (TPSA) is 49.7 Å². The smallest absolute Gasteiger partial charge is 0.146 e. The first-order chi connectivity index (χ1) is 12.2. The van der Waals surface area contributed by atoms with Gasteiger partial charge in [-0.3, -0.25) is 4.79 Å². The highest BCUT2D eigenvalue weighted by molar-refractivity contribution is 5.90. The van der Waals surface area contributed by atoms with Crippen molar-refractivity contribution in [1.29, 1.82) is 0 Å². The summed E-state index contributed by atoms with van der Waals surface area (Å²) in [6.45, 7) is 2.01. The van der Waals surface area contributed by atoms with E-state index in [4.69, 9.17) is 0 Å². The average molecular weight is 334 g/mol. The van der Waals surface area contributed by atoms with E-state index in [1.165, 1.54) is 0 Å². The second-order valence-corrected chi connectivity index (χ2v) is 7.41. The SMILES string of the molecule is CC12CCCC(C1=O)C(c1ccccc1)N(N=O)C2c1ccccc1. The van der Waals surface area contributed by atoms with E-state index >= 15 is 0 Å². The fourth-order valence-electron chi connectivity index (χ4n) is 4.87. The number of ketones is 1. The first-order valence-electron chi connectivity index (χ1n) is 8.92. The fraction of sp³-hybridized carbons (Fsp3) is 0.381. The van der Waals surface area contributed by atoms with E-state index in [0.717, 1.165) is 30.4 Å². The second kappa shape index (κ2) is 6.10. The molecule has 2 aliphatic rings. The normalized spacial score (nSPS) is 31.6. The molecule has 1 aliphatic carbocycles. The number of hydrogen-bond acceptors (Lipinski definition) is 3. The zero-order valence-corrected chi connectivity index (χ0v) is 14.3. The minimum Gasteiger partial charge on any atom is -0.299 e. The molecule has 0 N–H and O–H groups in total. The lowest BCUT2D eigenvalue weighted by molar-refractivity contribution is -0.157. The van der Waals surface area contributed by atoms with Gasteiger partial charge in [0.2, 0.25) is 0 Å². The molecule has 4 nitrogen and oxygen atoms in total. The molecule has 4 heteroatoms. The van der Waals surface area contributed by atoms with Crippen molar-refractivity contribution in [3.8, 4) is 0 Å². The molecule has 0 aromatic heterocycles. The Morgan fingerprint density at radius 3 is 2.20 bits per heavy atom. The van der Waals surface area contributed by atoms with Crippen LogP contribution in [0.15, 0.2) is 65.9 Å². The van der Waals surface area contributed by atoms with Gasteiger partial charge < -0.3 is 0 Å². The quantitative estimate of drug-likeness (QED) is 0.755. The molecule has 25 heavy (non-hydrogen) atoms. The molecule has 128 valence electrons. The Balaban J connectivity index is 1.89. The van der Waals surface area contributed by atoms with Crippen molar-refractivity contribution in [2.45, 2.75) is 38.3 Å². The van der Waals surface area contributed by atoms with Crippen molar-refractivity contribution < 1.29 is 4.79 Å². The molecule has 0 amide bonds. The van der Waals surface area contributed by atoms with Gasteiger partial charge in [-0.2, -0.15) is 0 Å². The van der Waals surface area contributed by atoms with Crippen LogP contribution < -0.4 is 0 Å². The molecular formula is C21H22N2O2. The van der Waals surface area contributed by atoms with Crippen LogP contribution in [-0.4, -0.2) is 10.8 Å². The van der Waals surface area contributed by atoms with Crippen LogP contribution in [0.5, 0.6) is 0 Å². The van der Waals surface area contributed by atoms with Gasteiger partial charge in [0.05, 0.1) is 22.8 Å². The number of rotatable bonds is 3. The third kappa shape index (κ3) is 2.39. The van der Waals surface area contributed by atoms with Gasteiger partial charge in [-0.1, -0.05) is 74.0 Å². The van der Waals surface area contributed by atoms with Crippen LogP contribution in [0.4, 0.5) is 0 Å². The fourth-order valence-corrected chi connectivity index (χ4v) is 4.87. The number of piperidine rings is 1.